The molecule has 0 amide bonds. The molecule has 0 aliphatic heterocycles. The number of unbranched alkanes of at least 4 members (excludes halogenated alkanes) is 7. The third-order valence-electron chi connectivity index (χ3n) is 5.31. The average molecular weight is 277 g/mol. The van der Waals surface area contributed by atoms with Crippen molar-refractivity contribution < 1.29 is 0 Å². The minimum Gasteiger partial charge on any atom is -0.198 e. The fourth-order valence-corrected chi connectivity index (χ4v) is 3.42. The Morgan fingerprint density at radius 3 is 1.80 bits per heavy atom. The topological polar surface area (TPSA) is 23.8 Å². The van der Waals surface area contributed by atoms with E-state index in [0.29, 0.717) is 5.41 Å². The quantitative estimate of drug-likeness (QED) is 0.434. The number of hydrogen-bond donors (Lipinski definition) is 0. The van der Waals surface area contributed by atoms with E-state index < -0.39 is 0 Å². The number of hydrogen-bond acceptors (Lipinski definition) is 1. The van der Waals surface area contributed by atoms with Gasteiger partial charge >= 0.3 is 0 Å². The van der Waals surface area contributed by atoms with E-state index in [4.69, 9.17) is 0 Å². The molecule has 1 heteroatoms. The summed E-state index contributed by atoms with van der Waals surface area (Å²) in [5, 5.41) is 9.56. The van der Waals surface area contributed by atoms with Crippen molar-refractivity contribution in [2.75, 3.05) is 0 Å². The highest BCUT2D eigenvalue weighted by molar-refractivity contribution is 5.02. The normalized spacial score (nSPS) is 20.5. The molecule has 0 saturated heterocycles. The van der Waals surface area contributed by atoms with Crippen molar-refractivity contribution in [3.8, 4) is 6.07 Å². The van der Waals surface area contributed by atoms with Crippen LogP contribution in [0.5, 0.6) is 0 Å². The Hall–Kier alpha value is -0.510. The van der Waals surface area contributed by atoms with Crippen LogP contribution >= 0.6 is 0 Å². The van der Waals surface area contributed by atoms with Gasteiger partial charge in [0.2, 0.25) is 0 Å². The highest BCUT2D eigenvalue weighted by Gasteiger charge is 2.37. The summed E-state index contributed by atoms with van der Waals surface area (Å²) < 4.78 is 0. The first-order valence-corrected chi connectivity index (χ1v) is 8.95. The molecular formula is C19H35N. The van der Waals surface area contributed by atoms with Crippen LogP contribution in [0, 0.1) is 22.2 Å². The fraction of sp³-hybridized carbons (Fsp3) is 0.947. The van der Waals surface area contributed by atoms with Crippen LogP contribution in [0.25, 0.3) is 0 Å². The third kappa shape index (κ3) is 6.29. The molecule has 0 unspecified atom stereocenters. The van der Waals surface area contributed by atoms with Crippen LogP contribution in [-0.2, 0) is 0 Å². The van der Waals surface area contributed by atoms with Gasteiger partial charge in [0, 0.05) is 0 Å². The maximum Gasteiger partial charge on any atom is 0.0689 e. The van der Waals surface area contributed by atoms with Crippen LogP contribution in [0.1, 0.15) is 104 Å². The summed E-state index contributed by atoms with van der Waals surface area (Å²) in [5.41, 5.74) is 0.497. The minimum absolute atomic E-state index is 0.0255. The molecule has 1 nitrogen and oxygen atoms in total. The van der Waals surface area contributed by atoms with Crippen LogP contribution in [0.15, 0.2) is 0 Å². The largest absolute Gasteiger partial charge is 0.198 e. The molecule has 116 valence electrons. The maximum absolute atomic E-state index is 9.56. The second kappa shape index (κ2) is 8.71. The fourth-order valence-electron chi connectivity index (χ4n) is 3.42. The Bertz CT molecular complexity index is 287. The second-order valence-electron chi connectivity index (χ2n) is 7.78. The SMILES string of the molecule is CCCCCCCCCCC1(C#N)CCC(C)(C)CC1. The van der Waals surface area contributed by atoms with E-state index in [1.165, 1.54) is 64.2 Å². The number of nitriles is 1. The lowest BCUT2D eigenvalue weighted by molar-refractivity contribution is 0.135. The molecule has 0 N–H and O–H groups in total. The van der Waals surface area contributed by atoms with Crippen LogP contribution in [-0.4, -0.2) is 0 Å². The van der Waals surface area contributed by atoms with E-state index in [1.54, 1.807) is 0 Å². The first-order chi connectivity index (χ1) is 9.54. The third-order valence-corrected chi connectivity index (χ3v) is 5.31. The Balaban J connectivity index is 2.12. The summed E-state index contributed by atoms with van der Waals surface area (Å²) in [5.74, 6) is 0. The Labute approximate surface area is 127 Å². The van der Waals surface area contributed by atoms with Crippen LogP contribution in [0.2, 0.25) is 0 Å². The molecule has 20 heavy (non-hydrogen) atoms. The lowest BCUT2D eigenvalue weighted by Crippen LogP contribution is -2.30. The molecule has 1 rings (SSSR count). The van der Waals surface area contributed by atoms with Gasteiger partial charge in [0.25, 0.3) is 0 Å². The second-order valence-corrected chi connectivity index (χ2v) is 7.78. The summed E-state index contributed by atoms with van der Waals surface area (Å²) in [7, 11) is 0. The predicted molar refractivity (Wildman–Crippen MR) is 87.5 cm³/mol. The van der Waals surface area contributed by atoms with Crippen molar-refractivity contribution in [2.24, 2.45) is 10.8 Å². The van der Waals surface area contributed by atoms with Gasteiger partial charge in [-0.2, -0.15) is 5.26 Å². The van der Waals surface area contributed by atoms with Crippen molar-refractivity contribution in [3.63, 3.8) is 0 Å². The van der Waals surface area contributed by atoms with Crippen LogP contribution in [0.3, 0.4) is 0 Å². The Kier molecular flexibility index (Phi) is 7.63. The number of nitrogens with zero attached hydrogens (tertiary/aromatic N) is 1. The molecular weight excluding hydrogens is 242 g/mol. The molecule has 0 aromatic heterocycles. The van der Waals surface area contributed by atoms with Crippen molar-refractivity contribution in [1.82, 2.24) is 0 Å². The highest BCUT2D eigenvalue weighted by Crippen LogP contribution is 2.47. The predicted octanol–water partition coefficient (Wildman–Crippen LogP) is 6.63. The van der Waals surface area contributed by atoms with E-state index >= 15 is 0 Å². The Morgan fingerprint density at radius 2 is 1.30 bits per heavy atom. The monoisotopic (exact) mass is 277 g/mol. The van der Waals surface area contributed by atoms with Gasteiger partial charge in [-0.25, -0.2) is 0 Å². The Morgan fingerprint density at radius 1 is 0.800 bits per heavy atom. The molecule has 0 spiro atoms. The van der Waals surface area contributed by atoms with Crippen molar-refractivity contribution >= 4 is 0 Å². The van der Waals surface area contributed by atoms with Gasteiger partial charge in [0.15, 0.2) is 0 Å². The zero-order valence-electron chi connectivity index (χ0n) is 14.1. The van der Waals surface area contributed by atoms with Gasteiger partial charge in [-0.1, -0.05) is 72.1 Å². The van der Waals surface area contributed by atoms with Gasteiger partial charge in [-0.15, -0.1) is 0 Å². The van der Waals surface area contributed by atoms with Crippen molar-refractivity contribution in [1.29, 1.82) is 5.26 Å². The molecule has 0 aromatic rings. The minimum atomic E-state index is 0.0255. The molecule has 0 bridgehead atoms. The summed E-state index contributed by atoms with van der Waals surface area (Å²) >= 11 is 0. The molecule has 0 radical (unpaired) electrons. The van der Waals surface area contributed by atoms with Gasteiger partial charge in [-0.3, -0.25) is 0 Å². The molecule has 0 heterocycles. The van der Waals surface area contributed by atoms with Gasteiger partial charge in [-0.05, 0) is 37.5 Å². The smallest absolute Gasteiger partial charge is 0.0689 e. The lowest BCUT2D eigenvalue weighted by atomic mass is 9.64. The summed E-state index contributed by atoms with van der Waals surface area (Å²) in [6.07, 6.45) is 16.8. The van der Waals surface area contributed by atoms with Crippen LogP contribution < -0.4 is 0 Å². The van der Waals surface area contributed by atoms with E-state index in [1.807, 2.05) is 0 Å². The zero-order chi connectivity index (χ0) is 14.9. The van der Waals surface area contributed by atoms with Gasteiger partial charge < -0.3 is 0 Å². The molecule has 0 atom stereocenters. The lowest BCUT2D eigenvalue weighted by Gasteiger charge is -2.39. The number of rotatable bonds is 9. The first-order valence-electron chi connectivity index (χ1n) is 8.95. The zero-order valence-corrected chi connectivity index (χ0v) is 14.1. The van der Waals surface area contributed by atoms with Crippen molar-refractivity contribution in [3.05, 3.63) is 0 Å². The van der Waals surface area contributed by atoms with E-state index in [2.05, 4.69) is 26.8 Å². The molecule has 1 aliphatic carbocycles. The highest BCUT2D eigenvalue weighted by atomic mass is 14.4. The van der Waals surface area contributed by atoms with Crippen molar-refractivity contribution in [2.45, 2.75) is 104 Å². The van der Waals surface area contributed by atoms with Gasteiger partial charge in [0.1, 0.15) is 0 Å². The standard InChI is InChI=1S/C19H35N/c1-4-5-6-7-8-9-10-11-12-19(17-20)15-13-18(2,3)14-16-19/h4-16H2,1-3H3. The summed E-state index contributed by atoms with van der Waals surface area (Å²) in [4.78, 5) is 0. The first kappa shape index (κ1) is 17.5. The molecule has 0 aromatic carbocycles. The molecule has 1 aliphatic rings. The van der Waals surface area contributed by atoms with E-state index in [9.17, 15) is 5.26 Å². The molecule has 1 saturated carbocycles. The summed E-state index contributed by atoms with van der Waals surface area (Å²) in [6, 6.07) is 2.67. The summed E-state index contributed by atoms with van der Waals surface area (Å²) in [6.45, 7) is 6.97. The van der Waals surface area contributed by atoms with Gasteiger partial charge in [0.05, 0.1) is 11.5 Å². The maximum atomic E-state index is 9.56. The molecule has 1 fully saturated rings. The average Bonchev–Trinajstić information content (AvgIpc) is 2.44. The van der Waals surface area contributed by atoms with E-state index in [0.717, 1.165) is 19.3 Å². The van der Waals surface area contributed by atoms with Crippen LogP contribution in [0.4, 0.5) is 0 Å². The van der Waals surface area contributed by atoms with E-state index in [-0.39, 0.29) is 5.41 Å².